The molecule has 0 amide bonds. The molecule has 2 saturated carbocycles. The molecule has 0 aromatic rings. The van der Waals surface area contributed by atoms with Crippen molar-refractivity contribution in [3.8, 4) is 0 Å². The van der Waals surface area contributed by atoms with Gasteiger partial charge in [0.1, 0.15) is 0 Å². The van der Waals surface area contributed by atoms with Gasteiger partial charge in [-0.05, 0) is 31.1 Å². The van der Waals surface area contributed by atoms with Crippen LogP contribution in [0, 0.1) is 11.8 Å². The molecule has 2 aliphatic carbocycles. The van der Waals surface area contributed by atoms with Gasteiger partial charge in [-0.15, -0.1) is 0 Å². The maximum Gasteiger partial charge on any atom is 0.0543 e. The van der Waals surface area contributed by atoms with Crippen LogP contribution in [0.3, 0.4) is 0 Å². The van der Waals surface area contributed by atoms with Gasteiger partial charge in [-0.25, -0.2) is 0 Å². The van der Waals surface area contributed by atoms with Crippen molar-refractivity contribution in [2.75, 3.05) is 0 Å². The van der Waals surface area contributed by atoms with Gasteiger partial charge in [-0.1, -0.05) is 19.3 Å². The summed E-state index contributed by atoms with van der Waals surface area (Å²) in [6.07, 6.45) is 7.76. The van der Waals surface area contributed by atoms with Crippen LogP contribution in [0.4, 0.5) is 0 Å². The summed E-state index contributed by atoms with van der Waals surface area (Å²) in [6.45, 7) is 0. The Morgan fingerprint density at radius 2 is 1.70 bits per heavy atom. The molecule has 1 N–H and O–H groups in total. The minimum Gasteiger partial charge on any atom is -0.393 e. The molecule has 1 heteroatoms. The van der Waals surface area contributed by atoms with Gasteiger partial charge in [-0.3, -0.25) is 0 Å². The van der Waals surface area contributed by atoms with E-state index in [0.29, 0.717) is 0 Å². The molecule has 0 bridgehead atoms. The Labute approximate surface area is 62.4 Å². The maximum atomic E-state index is 9.36. The number of aliphatic hydroxyl groups excluding tert-OH is 1. The summed E-state index contributed by atoms with van der Waals surface area (Å²) >= 11 is 0. The van der Waals surface area contributed by atoms with Gasteiger partial charge in [0.25, 0.3) is 0 Å². The first-order chi connectivity index (χ1) is 4.86. The van der Waals surface area contributed by atoms with E-state index in [1.165, 1.54) is 25.7 Å². The third kappa shape index (κ3) is 1.07. The Hall–Kier alpha value is -0.0400. The quantitative estimate of drug-likeness (QED) is 0.545. The van der Waals surface area contributed by atoms with Gasteiger partial charge < -0.3 is 5.11 Å². The predicted molar refractivity (Wildman–Crippen MR) is 40.7 cm³/mol. The van der Waals surface area contributed by atoms with Gasteiger partial charge in [0.2, 0.25) is 0 Å². The van der Waals surface area contributed by atoms with E-state index in [4.69, 9.17) is 0 Å². The molecule has 0 spiro atoms. The molecule has 2 aliphatic rings. The molecule has 3 atom stereocenters. The number of rotatable bonds is 0. The standard InChI is InChI=1S/C9H16O/c10-9-5-4-7-2-1-3-8(7)6-9/h7-10H,1-6H2/t7-,8-,9?/m1/s1. The lowest BCUT2D eigenvalue weighted by Crippen LogP contribution is -2.23. The molecule has 0 radical (unpaired) electrons. The first-order valence-electron chi connectivity index (χ1n) is 4.54. The second kappa shape index (κ2) is 2.54. The van der Waals surface area contributed by atoms with Crippen LogP contribution >= 0.6 is 0 Å². The fourth-order valence-corrected chi connectivity index (χ4v) is 2.68. The largest absolute Gasteiger partial charge is 0.393 e. The maximum absolute atomic E-state index is 9.36. The molecule has 0 aromatic carbocycles. The summed E-state index contributed by atoms with van der Waals surface area (Å²) in [5.41, 5.74) is 0. The van der Waals surface area contributed by atoms with Crippen LogP contribution < -0.4 is 0 Å². The zero-order chi connectivity index (χ0) is 6.97. The summed E-state index contributed by atoms with van der Waals surface area (Å²) in [5.74, 6) is 1.88. The van der Waals surface area contributed by atoms with Crippen LogP contribution in [0.1, 0.15) is 38.5 Å². The first-order valence-corrected chi connectivity index (χ1v) is 4.54. The third-order valence-corrected chi connectivity index (χ3v) is 3.26. The Balaban J connectivity index is 1.96. The van der Waals surface area contributed by atoms with Gasteiger partial charge in [0.15, 0.2) is 0 Å². The third-order valence-electron chi connectivity index (χ3n) is 3.26. The molecule has 58 valence electrons. The Bertz CT molecular complexity index is 122. The number of hydrogen-bond acceptors (Lipinski definition) is 1. The van der Waals surface area contributed by atoms with Crippen LogP contribution in [0.2, 0.25) is 0 Å². The van der Waals surface area contributed by atoms with Crippen LogP contribution in [-0.2, 0) is 0 Å². The Morgan fingerprint density at radius 3 is 2.60 bits per heavy atom. The molecule has 1 unspecified atom stereocenters. The van der Waals surface area contributed by atoms with Crippen LogP contribution in [-0.4, -0.2) is 11.2 Å². The SMILES string of the molecule is OC1CC[C@H]2CCC[C@@H]2C1. The molecular weight excluding hydrogens is 124 g/mol. The van der Waals surface area contributed by atoms with Gasteiger partial charge in [-0.2, -0.15) is 0 Å². The molecule has 0 saturated heterocycles. The lowest BCUT2D eigenvalue weighted by Gasteiger charge is -2.28. The lowest BCUT2D eigenvalue weighted by atomic mass is 9.80. The summed E-state index contributed by atoms with van der Waals surface area (Å²) in [6, 6.07) is 0. The number of hydrogen-bond donors (Lipinski definition) is 1. The summed E-state index contributed by atoms with van der Waals surface area (Å²) in [7, 11) is 0. The molecule has 0 aromatic heterocycles. The summed E-state index contributed by atoms with van der Waals surface area (Å²) in [4.78, 5) is 0. The van der Waals surface area contributed by atoms with E-state index in [1.807, 2.05) is 0 Å². The molecule has 2 fully saturated rings. The smallest absolute Gasteiger partial charge is 0.0543 e. The van der Waals surface area contributed by atoms with Crippen molar-refractivity contribution in [1.82, 2.24) is 0 Å². The Kier molecular flexibility index (Phi) is 1.69. The number of aliphatic hydroxyl groups is 1. The Morgan fingerprint density at radius 1 is 0.900 bits per heavy atom. The monoisotopic (exact) mass is 140 g/mol. The topological polar surface area (TPSA) is 20.2 Å². The van der Waals surface area contributed by atoms with E-state index in [1.54, 1.807) is 0 Å². The highest BCUT2D eigenvalue weighted by Gasteiger charge is 2.32. The van der Waals surface area contributed by atoms with E-state index >= 15 is 0 Å². The minimum absolute atomic E-state index is 0.0411. The van der Waals surface area contributed by atoms with Gasteiger partial charge >= 0.3 is 0 Å². The van der Waals surface area contributed by atoms with Gasteiger partial charge in [0, 0.05) is 0 Å². The second-order valence-electron chi connectivity index (χ2n) is 3.92. The highest BCUT2D eigenvalue weighted by Crippen LogP contribution is 2.41. The van der Waals surface area contributed by atoms with Crippen molar-refractivity contribution >= 4 is 0 Å². The second-order valence-corrected chi connectivity index (χ2v) is 3.92. The van der Waals surface area contributed by atoms with E-state index in [9.17, 15) is 5.11 Å². The summed E-state index contributed by atoms with van der Waals surface area (Å²) < 4.78 is 0. The highest BCUT2D eigenvalue weighted by molar-refractivity contribution is 4.84. The molecule has 0 aliphatic heterocycles. The molecular formula is C9H16O. The van der Waals surface area contributed by atoms with Crippen LogP contribution in [0.5, 0.6) is 0 Å². The summed E-state index contributed by atoms with van der Waals surface area (Å²) in [5, 5.41) is 9.36. The fourth-order valence-electron chi connectivity index (χ4n) is 2.68. The van der Waals surface area contributed by atoms with Crippen molar-refractivity contribution in [3.63, 3.8) is 0 Å². The van der Waals surface area contributed by atoms with Crippen molar-refractivity contribution in [3.05, 3.63) is 0 Å². The van der Waals surface area contributed by atoms with Crippen molar-refractivity contribution in [1.29, 1.82) is 0 Å². The number of fused-ring (bicyclic) bond motifs is 1. The molecule has 0 heterocycles. The van der Waals surface area contributed by atoms with Gasteiger partial charge in [0.05, 0.1) is 6.10 Å². The van der Waals surface area contributed by atoms with Crippen molar-refractivity contribution in [2.45, 2.75) is 44.6 Å². The van der Waals surface area contributed by atoms with E-state index < -0.39 is 0 Å². The normalized spacial score (nSPS) is 47.1. The van der Waals surface area contributed by atoms with Crippen molar-refractivity contribution in [2.24, 2.45) is 11.8 Å². The van der Waals surface area contributed by atoms with Crippen LogP contribution in [0.15, 0.2) is 0 Å². The predicted octanol–water partition coefficient (Wildman–Crippen LogP) is 1.95. The average Bonchev–Trinajstić information content (AvgIpc) is 2.33. The highest BCUT2D eigenvalue weighted by atomic mass is 16.3. The van der Waals surface area contributed by atoms with E-state index in [-0.39, 0.29) is 6.10 Å². The van der Waals surface area contributed by atoms with Crippen LogP contribution in [0.25, 0.3) is 0 Å². The molecule has 10 heavy (non-hydrogen) atoms. The van der Waals surface area contributed by atoms with E-state index in [0.717, 1.165) is 24.7 Å². The molecule has 2 rings (SSSR count). The van der Waals surface area contributed by atoms with E-state index in [2.05, 4.69) is 0 Å². The minimum atomic E-state index is 0.0411. The average molecular weight is 140 g/mol. The molecule has 1 nitrogen and oxygen atoms in total. The lowest BCUT2D eigenvalue weighted by molar-refractivity contribution is 0.0806. The first kappa shape index (κ1) is 6.66. The zero-order valence-electron chi connectivity index (χ0n) is 6.42. The zero-order valence-corrected chi connectivity index (χ0v) is 6.42. The fraction of sp³-hybridized carbons (Fsp3) is 1.00. The van der Waals surface area contributed by atoms with Crippen molar-refractivity contribution < 1.29 is 5.11 Å².